The largest absolute Gasteiger partial charge is 0.337 e. The molecule has 0 aromatic carbocycles. The van der Waals surface area contributed by atoms with E-state index in [1.54, 1.807) is 0 Å². The summed E-state index contributed by atoms with van der Waals surface area (Å²) >= 11 is 0. The molecule has 0 bridgehead atoms. The van der Waals surface area contributed by atoms with Crippen LogP contribution in [0.5, 0.6) is 0 Å². The average Bonchev–Trinajstić information content (AvgIpc) is 2.41. The molecule has 1 atom stereocenters. The molecule has 1 amide bonds. The lowest BCUT2D eigenvalue weighted by Crippen LogP contribution is -2.35. The van der Waals surface area contributed by atoms with Gasteiger partial charge in [0.05, 0.1) is 12.2 Å². The van der Waals surface area contributed by atoms with Crippen LogP contribution in [0, 0.1) is 12.8 Å². The highest BCUT2D eigenvalue weighted by atomic mass is 16.2. The molecule has 1 rings (SSSR count). The Morgan fingerprint density at radius 1 is 1.47 bits per heavy atom. The minimum atomic E-state index is 0.0355. The quantitative estimate of drug-likeness (QED) is 0.819. The Kier molecular flexibility index (Phi) is 6.50. The van der Waals surface area contributed by atoms with Crippen LogP contribution in [0.2, 0.25) is 0 Å². The van der Waals surface area contributed by atoms with Crippen LogP contribution in [-0.2, 0) is 11.3 Å². The maximum Gasteiger partial charge on any atom is 0.225 e. The minimum absolute atomic E-state index is 0.0355. The molecule has 1 aromatic heterocycles. The van der Waals surface area contributed by atoms with Crippen molar-refractivity contribution in [1.29, 1.82) is 0 Å². The number of nitrogens with two attached hydrogens (primary N) is 1. The highest BCUT2D eigenvalue weighted by Gasteiger charge is 2.19. The normalized spacial score (nSPS) is 12.2. The first-order valence-electron chi connectivity index (χ1n) is 6.99. The van der Waals surface area contributed by atoms with Crippen LogP contribution in [0.25, 0.3) is 0 Å². The number of hydrogen-bond acceptors (Lipinski definition) is 3. The monoisotopic (exact) mass is 263 g/mol. The van der Waals surface area contributed by atoms with Crippen molar-refractivity contribution < 1.29 is 4.79 Å². The molecule has 0 aliphatic heterocycles. The van der Waals surface area contributed by atoms with Crippen molar-refractivity contribution >= 4 is 5.91 Å². The summed E-state index contributed by atoms with van der Waals surface area (Å²) in [7, 11) is 0. The molecular weight excluding hydrogens is 238 g/mol. The van der Waals surface area contributed by atoms with Gasteiger partial charge in [-0.05, 0) is 45.4 Å². The number of hydrogen-bond donors (Lipinski definition) is 1. The van der Waals surface area contributed by atoms with Crippen molar-refractivity contribution in [2.75, 3.05) is 13.1 Å². The summed E-state index contributed by atoms with van der Waals surface area (Å²) in [4.78, 5) is 18.6. The van der Waals surface area contributed by atoms with Gasteiger partial charge in [0.2, 0.25) is 5.91 Å². The molecular formula is C15H25N3O. The number of aromatic nitrogens is 1. The molecule has 19 heavy (non-hydrogen) atoms. The zero-order valence-electron chi connectivity index (χ0n) is 12.2. The van der Waals surface area contributed by atoms with Gasteiger partial charge in [-0.15, -0.1) is 0 Å². The van der Waals surface area contributed by atoms with Gasteiger partial charge >= 0.3 is 0 Å². The van der Waals surface area contributed by atoms with Gasteiger partial charge in [0.15, 0.2) is 0 Å². The van der Waals surface area contributed by atoms with Crippen LogP contribution in [0.4, 0.5) is 0 Å². The summed E-state index contributed by atoms with van der Waals surface area (Å²) in [6, 6.07) is 5.91. The SMILES string of the molecule is CCN(Cc1cccc(C)n1)C(=O)C(C)CCCN. The average molecular weight is 263 g/mol. The van der Waals surface area contributed by atoms with Gasteiger partial charge in [0.25, 0.3) is 0 Å². The smallest absolute Gasteiger partial charge is 0.225 e. The van der Waals surface area contributed by atoms with E-state index in [2.05, 4.69) is 4.98 Å². The first-order chi connectivity index (χ1) is 9.08. The van der Waals surface area contributed by atoms with Gasteiger partial charge in [0, 0.05) is 18.2 Å². The van der Waals surface area contributed by atoms with Crippen LogP contribution in [0.3, 0.4) is 0 Å². The van der Waals surface area contributed by atoms with E-state index in [9.17, 15) is 4.79 Å². The zero-order chi connectivity index (χ0) is 14.3. The molecule has 0 saturated heterocycles. The highest BCUT2D eigenvalue weighted by Crippen LogP contribution is 2.12. The Labute approximate surface area is 116 Å². The molecule has 1 unspecified atom stereocenters. The molecule has 0 radical (unpaired) electrons. The van der Waals surface area contributed by atoms with E-state index in [4.69, 9.17) is 5.73 Å². The lowest BCUT2D eigenvalue weighted by atomic mass is 10.0. The van der Waals surface area contributed by atoms with E-state index < -0.39 is 0 Å². The van der Waals surface area contributed by atoms with E-state index >= 15 is 0 Å². The van der Waals surface area contributed by atoms with Gasteiger partial charge in [-0.2, -0.15) is 0 Å². The molecule has 0 aliphatic carbocycles. The minimum Gasteiger partial charge on any atom is -0.337 e. The van der Waals surface area contributed by atoms with Gasteiger partial charge in [0.1, 0.15) is 0 Å². The molecule has 0 aliphatic rings. The molecule has 0 fully saturated rings. The summed E-state index contributed by atoms with van der Waals surface area (Å²) in [6.45, 7) is 7.88. The summed E-state index contributed by atoms with van der Waals surface area (Å²) in [5.74, 6) is 0.229. The summed E-state index contributed by atoms with van der Waals surface area (Å²) < 4.78 is 0. The van der Waals surface area contributed by atoms with Crippen LogP contribution < -0.4 is 5.73 Å². The number of amides is 1. The standard InChI is InChI=1S/C15H25N3O/c1-4-18(15(19)12(2)7-6-10-16)11-14-9-5-8-13(3)17-14/h5,8-9,12H,4,6-7,10-11,16H2,1-3H3. The fourth-order valence-electron chi connectivity index (χ4n) is 2.09. The first-order valence-corrected chi connectivity index (χ1v) is 6.99. The molecule has 4 heteroatoms. The van der Waals surface area contributed by atoms with E-state index in [0.29, 0.717) is 19.6 Å². The number of aryl methyl sites for hydroxylation is 1. The highest BCUT2D eigenvalue weighted by molar-refractivity contribution is 5.78. The fourth-order valence-corrected chi connectivity index (χ4v) is 2.09. The maximum absolute atomic E-state index is 12.3. The lowest BCUT2D eigenvalue weighted by Gasteiger charge is -2.24. The Balaban J connectivity index is 2.64. The van der Waals surface area contributed by atoms with E-state index in [0.717, 1.165) is 24.2 Å². The molecule has 0 saturated carbocycles. The van der Waals surface area contributed by atoms with Gasteiger partial charge < -0.3 is 10.6 Å². The maximum atomic E-state index is 12.3. The second-order valence-corrected chi connectivity index (χ2v) is 4.95. The van der Waals surface area contributed by atoms with Crippen molar-refractivity contribution in [3.8, 4) is 0 Å². The number of carbonyl (C=O) groups is 1. The van der Waals surface area contributed by atoms with E-state index in [1.807, 2.05) is 43.9 Å². The molecule has 1 heterocycles. The van der Waals surface area contributed by atoms with Crippen LogP contribution >= 0.6 is 0 Å². The summed E-state index contributed by atoms with van der Waals surface area (Å²) in [5.41, 5.74) is 7.42. The van der Waals surface area contributed by atoms with Crippen molar-refractivity contribution in [2.45, 2.75) is 40.2 Å². The Morgan fingerprint density at radius 2 is 2.21 bits per heavy atom. The Morgan fingerprint density at radius 3 is 2.79 bits per heavy atom. The van der Waals surface area contributed by atoms with Crippen molar-refractivity contribution in [1.82, 2.24) is 9.88 Å². The first kappa shape index (κ1) is 15.6. The number of pyridine rings is 1. The van der Waals surface area contributed by atoms with Crippen LogP contribution in [0.1, 0.15) is 38.1 Å². The second kappa shape index (κ2) is 7.89. The summed E-state index contributed by atoms with van der Waals surface area (Å²) in [6.07, 6.45) is 1.75. The zero-order valence-corrected chi connectivity index (χ0v) is 12.2. The second-order valence-electron chi connectivity index (χ2n) is 4.95. The van der Waals surface area contributed by atoms with Crippen molar-refractivity contribution in [3.05, 3.63) is 29.6 Å². The molecule has 1 aromatic rings. The molecule has 0 spiro atoms. The molecule has 106 valence electrons. The van der Waals surface area contributed by atoms with Crippen molar-refractivity contribution in [2.24, 2.45) is 11.7 Å². The van der Waals surface area contributed by atoms with Gasteiger partial charge in [-0.1, -0.05) is 13.0 Å². The number of rotatable bonds is 7. The van der Waals surface area contributed by atoms with Crippen molar-refractivity contribution in [3.63, 3.8) is 0 Å². The van der Waals surface area contributed by atoms with E-state index in [1.165, 1.54) is 0 Å². The fraction of sp³-hybridized carbons (Fsp3) is 0.600. The number of nitrogens with zero attached hydrogens (tertiary/aromatic N) is 2. The third-order valence-corrected chi connectivity index (χ3v) is 3.26. The Bertz CT molecular complexity index is 406. The number of carbonyl (C=O) groups excluding carboxylic acids is 1. The van der Waals surface area contributed by atoms with E-state index in [-0.39, 0.29) is 11.8 Å². The van der Waals surface area contributed by atoms with Crippen LogP contribution in [-0.4, -0.2) is 28.9 Å². The predicted octanol–water partition coefficient (Wildman–Crippen LogP) is 2.11. The van der Waals surface area contributed by atoms with Gasteiger partial charge in [-0.3, -0.25) is 9.78 Å². The molecule has 2 N–H and O–H groups in total. The molecule has 4 nitrogen and oxygen atoms in total. The summed E-state index contributed by atoms with van der Waals surface area (Å²) in [5, 5.41) is 0. The van der Waals surface area contributed by atoms with Crippen LogP contribution in [0.15, 0.2) is 18.2 Å². The third kappa shape index (κ3) is 4.99. The lowest BCUT2D eigenvalue weighted by molar-refractivity contribution is -0.135. The topological polar surface area (TPSA) is 59.2 Å². The Hall–Kier alpha value is -1.42. The third-order valence-electron chi connectivity index (χ3n) is 3.26. The predicted molar refractivity (Wildman–Crippen MR) is 77.5 cm³/mol. The van der Waals surface area contributed by atoms with Gasteiger partial charge in [-0.25, -0.2) is 0 Å².